The van der Waals surface area contributed by atoms with Gasteiger partial charge in [-0.05, 0) is 24.6 Å². The summed E-state index contributed by atoms with van der Waals surface area (Å²) in [4.78, 5) is 0. The van der Waals surface area contributed by atoms with E-state index in [0.29, 0.717) is 16.8 Å². The van der Waals surface area contributed by atoms with Gasteiger partial charge in [-0.1, -0.05) is 12.1 Å². The highest BCUT2D eigenvalue weighted by molar-refractivity contribution is 5.61. The van der Waals surface area contributed by atoms with Crippen LogP contribution in [0.15, 0.2) is 36.5 Å². The van der Waals surface area contributed by atoms with Gasteiger partial charge in [0.1, 0.15) is 17.3 Å². The van der Waals surface area contributed by atoms with Crippen molar-refractivity contribution in [3.8, 4) is 11.3 Å². The third kappa shape index (κ3) is 1.76. The van der Waals surface area contributed by atoms with Gasteiger partial charge < -0.3 is 4.57 Å². The zero-order valence-corrected chi connectivity index (χ0v) is 8.87. The maximum absolute atomic E-state index is 13.7. The first-order valence-electron chi connectivity index (χ1n) is 4.87. The van der Waals surface area contributed by atoms with Crippen molar-refractivity contribution >= 4 is 0 Å². The van der Waals surface area contributed by atoms with Gasteiger partial charge in [0.2, 0.25) is 0 Å². The van der Waals surface area contributed by atoms with Crippen LogP contribution in [0.2, 0.25) is 0 Å². The maximum Gasteiger partial charge on any atom is 0.127 e. The van der Waals surface area contributed by atoms with Crippen LogP contribution in [0.5, 0.6) is 0 Å². The van der Waals surface area contributed by atoms with E-state index in [0.717, 1.165) is 6.07 Å². The third-order valence-corrected chi connectivity index (χ3v) is 2.45. The topological polar surface area (TPSA) is 3.88 Å². The van der Waals surface area contributed by atoms with E-state index in [-0.39, 0.29) is 0 Å². The first-order valence-corrected chi connectivity index (χ1v) is 4.87. The number of aryl methyl sites for hydroxylation is 1. The van der Waals surface area contributed by atoms with Crippen LogP contribution in [0.25, 0.3) is 11.3 Å². The Kier molecular flexibility index (Phi) is 2.60. The molecule has 0 radical (unpaired) electrons. The summed E-state index contributed by atoms with van der Waals surface area (Å²) in [6, 6.07) is 7.53. The van der Waals surface area contributed by atoms with Crippen molar-refractivity contribution in [3.63, 3.8) is 0 Å². The van der Waals surface area contributed by atoms with Gasteiger partial charge in [0.05, 0.1) is 6.20 Å². The van der Waals surface area contributed by atoms with Crippen LogP contribution in [-0.2, 0) is 0 Å². The minimum Gasteiger partial charge on any atom is -0.333 e. The van der Waals surface area contributed by atoms with Crippen molar-refractivity contribution in [2.45, 2.75) is 6.92 Å². The van der Waals surface area contributed by atoms with E-state index < -0.39 is 11.6 Å². The Labute approximate surface area is 93.0 Å². The van der Waals surface area contributed by atoms with Gasteiger partial charge in [-0.2, -0.15) is 0 Å². The van der Waals surface area contributed by atoms with E-state index in [9.17, 15) is 8.78 Å². The molecule has 16 heavy (non-hydrogen) atoms. The molecule has 2 rings (SSSR count). The lowest BCUT2D eigenvalue weighted by molar-refractivity contribution is -0.600. The fourth-order valence-electron chi connectivity index (χ4n) is 1.73. The number of aromatic nitrogens is 1. The molecule has 0 atom stereocenters. The molecule has 82 valence electrons. The van der Waals surface area contributed by atoms with Crippen molar-refractivity contribution < 1.29 is 13.3 Å². The van der Waals surface area contributed by atoms with Crippen LogP contribution in [0, 0.1) is 25.6 Å². The summed E-state index contributed by atoms with van der Waals surface area (Å²) in [6.07, 6.45) is 1.72. The normalized spacial score (nSPS) is 10.4. The lowest BCUT2D eigenvalue weighted by atomic mass is 10.0. The van der Waals surface area contributed by atoms with Gasteiger partial charge in [-0.3, -0.25) is 0 Å². The van der Waals surface area contributed by atoms with Crippen LogP contribution in [0.3, 0.4) is 0 Å². The molecule has 3 heteroatoms. The van der Waals surface area contributed by atoms with Crippen molar-refractivity contribution in [2.75, 3.05) is 0 Å². The number of benzene rings is 1. The minimum atomic E-state index is -0.568. The van der Waals surface area contributed by atoms with Crippen LogP contribution < -0.4 is 4.57 Å². The molecular formula is C13H11F2N. The van der Waals surface area contributed by atoms with Crippen LogP contribution in [0.4, 0.5) is 8.78 Å². The Morgan fingerprint density at radius 2 is 1.94 bits per heavy atom. The van der Waals surface area contributed by atoms with Crippen LogP contribution in [-0.4, -0.2) is 0 Å². The first kappa shape index (κ1) is 10.6. The molecule has 0 unspecified atom stereocenters. The molecule has 1 aromatic heterocycles. The summed E-state index contributed by atoms with van der Waals surface area (Å²) in [5.74, 6) is -1.13. The predicted octanol–water partition coefficient (Wildman–Crippen LogP) is 2.87. The SMILES string of the molecule is [CH2-][n+]1ccccc1-c1c(C)cc(F)cc1F. The molecule has 0 aliphatic rings. The Morgan fingerprint density at radius 3 is 2.56 bits per heavy atom. The van der Waals surface area contributed by atoms with Crippen LogP contribution in [0.1, 0.15) is 5.56 Å². The fraction of sp³-hybridized carbons (Fsp3) is 0.0769. The summed E-state index contributed by atoms with van der Waals surface area (Å²) in [5.41, 5.74) is 1.57. The highest BCUT2D eigenvalue weighted by Gasteiger charge is 2.12. The number of hydrogen-bond acceptors (Lipinski definition) is 0. The highest BCUT2D eigenvalue weighted by atomic mass is 19.1. The molecule has 2 aromatic rings. The third-order valence-electron chi connectivity index (χ3n) is 2.45. The van der Waals surface area contributed by atoms with E-state index in [1.807, 2.05) is 0 Å². The Bertz CT molecular complexity index is 512. The largest absolute Gasteiger partial charge is 0.333 e. The molecule has 0 aliphatic carbocycles. The quantitative estimate of drug-likeness (QED) is 0.513. The molecule has 0 amide bonds. The van der Waals surface area contributed by atoms with Crippen molar-refractivity contribution in [1.82, 2.24) is 0 Å². The summed E-state index contributed by atoms with van der Waals surface area (Å²) < 4.78 is 28.2. The monoisotopic (exact) mass is 219 g/mol. The minimum absolute atomic E-state index is 0.386. The summed E-state index contributed by atoms with van der Waals surface area (Å²) in [7, 11) is 3.76. The molecule has 0 bridgehead atoms. The average molecular weight is 219 g/mol. The molecule has 1 aromatic carbocycles. The van der Waals surface area contributed by atoms with E-state index in [1.165, 1.54) is 6.07 Å². The lowest BCUT2D eigenvalue weighted by Crippen LogP contribution is -2.28. The molecule has 0 spiro atoms. The summed E-state index contributed by atoms with van der Waals surface area (Å²) in [5, 5.41) is 0. The van der Waals surface area contributed by atoms with E-state index in [1.54, 1.807) is 35.9 Å². The second kappa shape index (κ2) is 3.93. The zero-order valence-electron chi connectivity index (χ0n) is 8.87. The molecule has 0 saturated heterocycles. The second-order valence-corrected chi connectivity index (χ2v) is 3.64. The molecular weight excluding hydrogens is 208 g/mol. The maximum atomic E-state index is 13.7. The van der Waals surface area contributed by atoms with E-state index in [2.05, 4.69) is 7.05 Å². The van der Waals surface area contributed by atoms with Gasteiger partial charge in [0.15, 0.2) is 0 Å². The number of pyridine rings is 1. The lowest BCUT2D eigenvalue weighted by Gasteiger charge is -2.11. The molecule has 0 aliphatic heterocycles. The van der Waals surface area contributed by atoms with Crippen molar-refractivity contribution in [1.29, 1.82) is 0 Å². The number of halogens is 2. The summed E-state index contributed by atoms with van der Waals surface area (Å²) >= 11 is 0. The number of nitrogens with zero attached hydrogens (tertiary/aromatic N) is 1. The average Bonchev–Trinajstić information content (AvgIpc) is 2.19. The van der Waals surface area contributed by atoms with E-state index >= 15 is 0 Å². The Balaban J connectivity index is 2.70. The number of rotatable bonds is 1. The van der Waals surface area contributed by atoms with Crippen molar-refractivity contribution in [2.24, 2.45) is 0 Å². The molecule has 0 N–H and O–H groups in total. The molecule has 1 nitrogen and oxygen atoms in total. The first-order chi connectivity index (χ1) is 7.59. The summed E-state index contributed by atoms with van der Waals surface area (Å²) in [6.45, 7) is 1.68. The van der Waals surface area contributed by atoms with Gasteiger partial charge >= 0.3 is 0 Å². The zero-order chi connectivity index (χ0) is 11.7. The molecule has 0 fully saturated rings. The Hall–Kier alpha value is -1.90. The van der Waals surface area contributed by atoms with Gasteiger partial charge in [-0.25, -0.2) is 8.78 Å². The van der Waals surface area contributed by atoms with Gasteiger partial charge in [-0.15, -0.1) is 0 Å². The second-order valence-electron chi connectivity index (χ2n) is 3.64. The van der Waals surface area contributed by atoms with Crippen molar-refractivity contribution in [3.05, 3.63) is 60.8 Å². The Morgan fingerprint density at radius 1 is 1.19 bits per heavy atom. The molecule has 0 saturated carbocycles. The van der Waals surface area contributed by atoms with E-state index in [4.69, 9.17) is 0 Å². The number of hydrogen-bond donors (Lipinski definition) is 0. The smallest absolute Gasteiger partial charge is 0.127 e. The van der Waals surface area contributed by atoms with Gasteiger partial charge in [0, 0.05) is 18.7 Å². The highest BCUT2D eigenvalue weighted by Crippen LogP contribution is 2.24. The fourth-order valence-corrected chi connectivity index (χ4v) is 1.73. The standard InChI is InChI=1S/C13H11F2N/c1-9-7-10(14)8-11(15)13(9)12-5-3-4-6-16(12)2/h3-8H,2H2,1H3. The predicted molar refractivity (Wildman–Crippen MR) is 57.5 cm³/mol. The molecule has 1 heterocycles. The van der Waals surface area contributed by atoms with Gasteiger partial charge in [0.25, 0.3) is 0 Å². The van der Waals surface area contributed by atoms with Crippen LogP contribution >= 0.6 is 0 Å².